The van der Waals surface area contributed by atoms with E-state index in [0.717, 1.165) is 41.8 Å². The molecule has 166 valence electrons. The Hall–Kier alpha value is -2.39. The van der Waals surface area contributed by atoms with Gasteiger partial charge in [0.05, 0.1) is 5.69 Å². The zero-order valence-corrected chi connectivity index (χ0v) is 18.8. The van der Waals surface area contributed by atoms with Crippen LogP contribution in [0.3, 0.4) is 0 Å². The minimum Gasteiger partial charge on any atom is -0.481 e. The number of ether oxygens (including phenoxy) is 2. The average Bonchev–Trinajstić information content (AvgIpc) is 3.19. The first-order valence-corrected chi connectivity index (χ1v) is 11.4. The van der Waals surface area contributed by atoms with E-state index in [-0.39, 0.29) is 19.6 Å². The maximum atomic E-state index is 11.8. The molecule has 0 aliphatic heterocycles. The molecule has 3 rings (SSSR count). The highest BCUT2D eigenvalue weighted by atomic mass is 35.5. The molecule has 0 atom stereocenters. The average molecular weight is 466 g/mol. The molecule has 0 spiro atoms. The van der Waals surface area contributed by atoms with E-state index in [9.17, 15) is 9.59 Å². The van der Waals surface area contributed by atoms with E-state index in [1.807, 2.05) is 6.92 Å². The van der Waals surface area contributed by atoms with E-state index in [4.69, 9.17) is 26.2 Å². The first-order valence-electron chi connectivity index (χ1n) is 10.1. The van der Waals surface area contributed by atoms with E-state index in [1.165, 1.54) is 11.8 Å². The molecule has 0 aromatic carbocycles. The van der Waals surface area contributed by atoms with Gasteiger partial charge in [-0.3, -0.25) is 14.6 Å². The van der Waals surface area contributed by atoms with Gasteiger partial charge in [0, 0.05) is 46.6 Å². The highest BCUT2D eigenvalue weighted by Gasteiger charge is 2.21. The van der Waals surface area contributed by atoms with Crippen LogP contribution in [0, 0.1) is 6.92 Å². The summed E-state index contributed by atoms with van der Waals surface area (Å²) < 4.78 is 10.8. The Labute approximate surface area is 189 Å². The second-order valence-corrected chi connectivity index (χ2v) is 8.46. The van der Waals surface area contributed by atoms with E-state index in [1.54, 1.807) is 12.3 Å². The molecule has 1 N–H and O–H groups in total. The third-order valence-electron chi connectivity index (χ3n) is 4.87. The van der Waals surface area contributed by atoms with Gasteiger partial charge in [-0.05, 0) is 45.1 Å². The van der Waals surface area contributed by atoms with Crippen molar-refractivity contribution in [3.05, 3.63) is 39.8 Å². The van der Waals surface area contributed by atoms with Crippen LogP contribution in [0.5, 0.6) is 5.88 Å². The number of esters is 1. The molecule has 31 heavy (non-hydrogen) atoms. The number of hydrogen-bond acceptors (Lipinski definition) is 8. The summed E-state index contributed by atoms with van der Waals surface area (Å²) in [5.41, 5.74) is 3.73. The van der Waals surface area contributed by atoms with Crippen molar-refractivity contribution in [2.75, 3.05) is 6.79 Å². The lowest BCUT2D eigenvalue weighted by molar-refractivity contribution is -0.150. The number of carbonyl (C=O) groups is 2. The van der Waals surface area contributed by atoms with Crippen LogP contribution in [0.25, 0.3) is 0 Å². The van der Waals surface area contributed by atoms with Crippen LogP contribution in [0.4, 0.5) is 0 Å². The van der Waals surface area contributed by atoms with Crippen LogP contribution in [0.1, 0.15) is 54.6 Å². The van der Waals surface area contributed by atoms with Crippen molar-refractivity contribution < 1.29 is 24.2 Å². The Morgan fingerprint density at radius 3 is 2.81 bits per heavy atom. The molecule has 2 heterocycles. The Morgan fingerprint density at radius 2 is 2.03 bits per heavy atom. The maximum absolute atomic E-state index is 11.8. The lowest BCUT2D eigenvalue weighted by atomic mass is 10.2. The maximum Gasteiger partial charge on any atom is 0.308 e. The van der Waals surface area contributed by atoms with Gasteiger partial charge in [-0.25, -0.2) is 4.98 Å². The highest BCUT2D eigenvalue weighted by molar-refractivity contribution is 7.98. The van der Waals surface area contributed by atoms with E-state index >= 15 is 0 Å². The number of carboxylic acids is 1. The molecule has 0 unspecified atom stereocenters. The number of aryl methyl sites for hydroxylation is 2. The number of halogens is 1. The summed E-state index contributed by atoms with van der Waals surface area (Å²) >= 11 is 7.74. The summed E-state index contributed by atoms with van der Waals surface area (Å²) in [6.07, 6.45) is 5.44. The van der Waals surface area contributed by atoms with Crippen LogP contribution in [-0.4, -0.2) is 38.8 Å². The lowest BCUT2D eigenvalue weighted by Gasteiger charge is -2.12. The second-order valence-electron chi connectivity index (χ2n) is 7.11. The van der Waals surface area contributed by atoms with Gasteiger partial charge in [0.2, 0.25) is 12.7 Å². The van der Waals surface area contributed by atoms with E-state index < -0.39 is 11.9 Å². The number of pyridine rings is 1. The minimum atomic E-state index is -0.871. The van der Waals surface area contributed by atoms with Crippen LogP contribution >= 0.6 is 23.4 Å². The van der Waals surface area contributed by atoms with Gasteiger partial charge < -0.3 is 14.6 Å². The standard InChI is InChI=1S/C21H24ClN3O5S/c1-13-15(16(22)9-10-23-13)11-31-21-24-17-6-4-5-14(17)20(25-21)30-12-29-19(28)8-3-2-7-18(26)27/h9-10H,2-8,11-12H2,1H3,(H,26,27). The zero-order chi connectivity index (χ0) is 22.2. The molecule has 8 nitrogen and oxygen atoms in total. The molecule has 0 fully saturated rings. The molecule has 10 heteroatoms. The molecule has 0 radical (unpaired) electrons. The van der Waals surface area contributed by atoms with Crippen LogP contribution in [-0.2, 0) is 32.9 Å². The Bertz CT molecular complexity index is 937. The van der Waals surface area contributed by atoms with Crippen molar-refractivity contribution in [3.8, 4) is 5.88 Å². The molecule has 0 bridgehead atoms. The molecule has 0 saturated heterocycles. The topological polar surface area (TPSA) is 112 Å². The first kappa shape index (κ1) is 23.3. The number of carboxylic acid groups (broad SMARTS) is 1. The van der Waals surface area contributed by atoms with E-state index in [2.05, 4.69) is 15.0 Å². The minimum absolute atomic E-state index is 0.0427. The monoisotopic (exact) mass is 465 g/mol. The lowest BCUT2D eigenvalue weighted by Crippen LogP contribution is -2.12. The highest BCUT2D eigenvalue weighted by Crippen LogP contribution is 2.32. The number of rotatable bonds is 11. The largest absolute Gasteiger partial charge is 0.481 e. The van der Waals surface area contributed by atoms with Crippen molar-refractivity contribution in [2.45, 2.75) is 62.8 Å². The van der Waals surface area contributed by atoms with Gasteiger partial charge in [0.25, 0.3) is 0 Å². The van der Waals surface area contributed by atoms with Gasteiger partial charge >= 0.3 is 11.9 Å². The first-order chi connectivity index (χ1) is 14.9. The summed E-state index contributed by atoms with van der Waals surface area (Å²) in [6.45, 7) is 1.68. The fraction of sp³-hybridized carbons (Fsp3) is 0.476. The van der Waals surface area contributed by atoms with Crippen molar-refractivity contribution in [2.24, 2.45) is 0 Å². The summed E-state index contributed by atoms with van der Waals surface area (Å²) in [5.74, 6) is -0.267. The molecule has 0 saturated carbocycles. The third-order valence-corrected chi connectivity index (χ3v) is 6.10. The number of fused-ring (bicyclic) bond motifs is 1. The Kier molecular flexibility index (Phi) is 8.48. The number of thioether (sulfide) groups is 1. The normalized spacial score (nSPS) is 12.5. The number of carbonyl (C=O) groups excluding carboxylic acids is 1. The number of aromatic nitrogens is 3. The van der Waals surface area contributed by atoms with Crippen molar-refractivity contribution >= 4 is 35.3 Å². The van der Waals surface area contributed by atoms with Crippen molar-refractivity contribution in [1.29, 1.82) is 0 Å². The van der Waals surface area contributed by atoms with Crippen molar-refractivity contribution in [1.82, 2.24) is 15.0 Å². The SMILES string of the molecule is Cc1nccc(Cl)c1CSc1nc2c(c(OCOC(=O)CCCCC(=O)O)n1)CCC2. The third kappa shape index (κ3) is 6.80. The summed E-state index contributed by atoms with van der Waals surface area (Å²) in [5, 5.41) is 9.85. The van der Waals surface area contributed by atoms with E-state index in [0.29, 0.717) is 34.7 Å². The Morgan fingerprint density at radius 1 is 1.23 bits per heavy atom. The summed E-state index contributed by atoms with van der Waals surface area (Å²) in [7, 11) is 0. The summed E-state index contributed by atoms with van der Waals surface area (Å²) in [4.78, 5) is 35.7. The zero-order valence-electron chi connectivity index (χ0n) is 17.2. The smallest absolute Gasteiger partial charge is 0.308 e. The van der Waals surface area contributed by atoms with Gasteiger partial charge in [0.1, 0.15) is 0 Å². The molecule has 0 amide bonds. The predicted molar refractivity (Wildman–Crippen MR) is 115 cm³/mol. The predicted octanol–water partition coefficient (Wildman–Crippen LogP) is 4.14. The number of unbranched alkanes of at least 4 members (excludes halogenated alkanes) is 1. The molecule has 1 aliphatic rings. The Balaban J connectivity index is 1.56. The molecular weight excluding hydrogens is 442 g/mol. The second kappa shape index (κ2) is 11.3. The number of aliphatic carboxylic acids is 1. The fourth-order valence-electron chi connectivity index (χ4n) is 3.20. The van der Waals surface area contributed by atoms with Gasteiger partial charge in [0.15, 0.2) is 5.16 Å². The summed E-state index contributed by atoms with van der Waals surface area (Å²) in [6, 6.07) is 1.76. The quantitative estimate of drug-likeness (QED) is 0.172. The van der Waals surface area contributed by atoms with Gasteiger partial charge in [-0.1, -0.05) is 23.4 Å². The number of hydrogen-bond donors (Lipinski definition) is 1. The van der Waals surface area contributed by atoms with Gasteiger partial charge in [-0.2, -0.15) is 4.98 Å². The molecule has 2 aromatic heterocycles. The van der Waals surface area contributed by atoms with Crippen LogP contribution in [0.2, 0.25) is 5.02 Å². The van der Waals surface area contributed by atoms with Gasteiger partial charge in [-0.15, -0.1) is 0 Å². The fourth-order valence-corrected chi connectivity index (χ4v) is 4.50. The molecular formula is C21H24ClN3O5S. The number of nitrogens with zero attached hydrogens (tertiary/aromatic N) is 3. The molecule has 1 aliphatic carbocycles. The van der Waals surface area contributed by atoms with Crippen molar-refractivity contribution in [3.63, 3.8) is 0 Å². The van der Waals surface area contributed by atoms with Crippen LogP contribution in [0.15, 0.2) is 17.4 Å². The van der Waals surface area contributed by atoms with Crippen LogP contribution < -0.4 is 4.74 Å². The molecule has 2 aromatic rings.